The predicted molar refractivity (Wildman–Crippen MR) is 95.2 cm³/mol. The maximum Gasteiger partial charge on any atom is 0.119 e. The number of aryl methyl sites for hydroxylation is 1. The van der Waals surface area contributed by atoms with Crippen molar-refractivity contribution in [3.8, 4) is 5.75 Å². The van der Waals surface area contributed by atoms with Crippen LogP contribution in [0.2, 0.25) is 0 Å². The van der Waals surface area contributed by atoms with Gasteiger partial charge >= 0.3 is 0 Å². The first-order valence-corrected chi connectivity index (χ1v) is 8.01. The minimum Gasteiger partial charge on any atom is -0.492 e. The Morgan fingerprint density at radius 1 is 1.00 bits per heavy atom. The fraction of sp³-hybridized carbons (Fsp3) is 0.368. The Morgan fingerprint density at radius 2 is 1.73 bits per heavy atom. The van der Waals surface area contributed by atoms with E-state index in [1.54, 1.807) is 0 Å². The fourth-order valence-corrected chi connectivity index (χ4v) is 2.45. The quantitative estimate of drug-likeness (QED) is 0.734. The second-order valence-corrected chi connectivity index (χ2v) is 5.31. The zero-order valence-corrected chi connectivity index (χ0v) is 13.8. The van der Waals surface area contributed by atoms with E-state index in [0.717, 1.165) is 31.1 Å². The van der Waals surface area contributed by atoms with Crippen LogP contribution in [0.3, 0.4) is 0 Å². The zero-order chi connectivity index (χ0) is 15.8. The van der Waals surface area contributed by atoms with Crippen LogP contribution in [-0.2, 0) is 0 Å². The normalized spacial score (nSPS) is 10.3. The summed E-state index contributed by atoms with van der Waals surface area (Å²) < 4.78 is 5.73. The van der Waals surface area contributed by atoms with E-state index in [1.165, 1.54) is 11.3 Å². The molecular weight excluding hydrogens is 272 g/mol. The van der Waals surface area contributed by atoms with E-state index in [-0.39, 0.29) is 0 Å². The van der Waals surface area contributed by atoms with Gasteiger partial charge in [0.2, 0.25) is 0 Å². The summed E-state index contributed by atoms with van der Waals surface area (Å²) >= 11 is 0. The van der Waals surface area contributed by atoms with E-state index < -0.39 is 0 Å². The number of hydrogen-bond donors (Lipinski definition) is 1. The molecule has 0 spiro atoms. The van der Waals surface area contributed by atoms with Crippen molar-refractivity contribution in [2.75, 3.05) is 36.5 Å². The fourth-order valence-electron chi connectivity index (χ4n) is 2.45. The molecule has 0 saturated heterocycles. The lowest BCUT2D eigenvalue weighted by Crippen LogP contribution is -2.21. The number of rotatable bonds is 8. The van der Waals surface area contributed by atoms with Crippen molar-refractivity contribution < 1.29 is 4.74 Å². The van der Waals surface area contributed by atoms with Crippen molar-refractivity contribution in [1.29, 1.82) is 0 Å². The average Bonchev–Trinajstić information content (AvgIpc) is 2.54. The van der Waals surface area contributed by atoms with Crippen LogP contribution in [-0.4, -0.2) is 26.2 Å². The van der Waals surface area contributed by atoms with Gasteiger partial charge in [0.05, 0.1) is 0 Å². The van der Waals surface area contributed by atoms with Crippen molar-refractivity contribution in [3.63, 3.8) is 0 Å². The largest absolute Gasteiger partial charge is 0.492 e. The maximum atomic E-state index is 5.73. The van der Waals surface area contributed by atoms with Crippen molar-refractivity contribution in [1.82, 2.24) is 0 Å². The SMILES string of the molecule is CCN(CC)c1ccc(NCCOc2cccc(C)c2)cc1. The molecule has 2 aromatic rings. The highest BCUT2D eigenvalue weighted by molar-refractivity contribution is 5.55. The number of ether oxygens (including phenoxy) is 1. The second kappa shape index (κ2) is 8.32. The Morgan fingerprint density at radius 3 is 2.36 bits per heavy atom. The number of hydrogen-bond acceptors (Lipinski definition) is 3. The summed E-state index contributed by atoms with van der Waals surface area (Å²) in [6, 6.07) is 16.7. The molecular formula is C19H26N2O. The van der Waals surface area contributed by atoms with Crippen molar-refractivity contribution in [2.45, 2.75) is 20.8 Å². The van der Waals surface area contributed by atoms with Crippen LogP contribution in [0.25, 0.3) is 0 Å². The summed E-state index contributed by atoms with van der Waals surface area (Å²) in [5.41, 5.74) is 3.62. The topological polar surface area (TPSA) is 24.5 Å². The van der Waals surface area contributed by atoms with Gasteiger partial charge in [-0.15, -0.1) is 0 Å². The van der Waals surface area contributed by atoms with Gasteiger partial charge in [0.15, 0.2) is 0 Å². The van der Waals surface area contributed by atoms with Crippen molar-refractivity contribution >= 4 is 11.4 Å². The van der Waals surface area contributed by atoms with E-state index in [4.69, 9.17) is 4.74 Å². The first-order valence-electron chi connectivity index (χ1n) is 8.01. The van der Waals surface area contributed by atoms with E-state index >= 15 is 0 Å². The highest BCUT2D eigenvalue weighted by Crippen LogP contribution is 2.17. The lowest BCUT2D eigenvalue weighted by molar-refractivity contribution is 0.332. The van der Waals surface area contributed by atoms with Crippen molar-refractivity contribution in [2.24, 2.45) is 0 Å². The summed E-state index contributed by atoms with van der Waals surface area (Å²) in [6.45, 7) is 9.94. The highest BCUT2D eigenvalue weighted by atomic mass is 16.5. The van der Waals surface area contributed by atoms with Gasteiger partial charge in [0.25, 0.3) is 0 Å². The molecule has 0 atom stereocenters. The number of nitrogens with one attached hydrogen (secondary N) is 1. The first kappa shape index (κ1) is 16.2. The lowest BCUT2D eigenvalue weighted by atomic mass is 10.2. The van der Waals surface area contributed by atoms with Crippen LogP contribution in [0.1, 0.15) is 19.4 Å². The summed E-state index contributed by atoms with van der Waals surface area (Å²) in [4.78, 5) is 2.34. The highest BCUT2D eigenvalue weighted by Gasteiger charge is 2.01. The predicted octanol–water partition coefficient (Wildman–Crippen LogP) is 4.33. The third-order valence-corrected chi connectivity index (χ3v) is 3.69. The van der Waals surface area contributed by atoms with Crippen LogP contribution in [0.5, 0.6) is 5.75 Å². The average molecular weight is 298 g/mol. The van der Waals surface area contributed by atoms with E-state index in [0.29, 0.717) is 6.61 Å². The standard InChI is InChI=1S/C19H26N2O/c1-4-21(5-2)18-11-9-17(10-12-18)20-13-14-22-19-8-6-7-16(3)15-19/h6-12,15,20H,4-5,13-14H2,1-3H3. The molecule has 0 radical (unpaired) electrons. The Balaban J connectivity index is 1.77. The van der Waals surface area contributed by atoms with E-state index in [9.17, 15) is 0 Å². The van der Waals surface area contributed by atoms with Gasteiger partial charge < -0.3 is 15.0 Å². The molecule has 1 N–H and O–H groups in total. The van der Waals surface area contributed by atoms with Gasteiger partial charge in [-0.1, -0.05) is 12.1 Å². The monoisotopic (exact) mass is 298 g/mol. The van der Waals surface area contributed by atoms with Gasteiger partial charge in [-0.2, -0.15) is 0 Å². The second-order valence-electron chi connectivity index (χ2n) is 5.31. The molecule has 0 bridgehead atoms. The summed E-state index contributed by atoms with van der Waals surface area (Å²) in [7, 11) is 0. The van der Waals surface area contributed by atoms with Gasteiger partial charge in [0, 0.05) is 31.0 Å². The number of anilines is 2. The summed E-state index contributed by atoms with van der Waals surface area (Å²) in [5.74, 6) is 0.929. The summed E-state index contributed by atoms with van der Waals surface area (Å²) in [6.07, 6.45) is 0. The molecule has 3 heteroatoms. The van der Waals surface area contributed by atoms with Crippen LogP contribution >= 0.6 is 0 Å². The molecule has 0 fully saturated rings. The number of nitrogens with zero attached hydrogens (tertiary/aromatic N) is 1. The maximum absolute atomic E-state index is 5.73. The molecule has 0 aromatic heterocycles. The van der Waals surface area contributed by atoms with Crippen molar-refractivity contribution in [3.05, 3.63) is 54.1 Å². The third kappa shape index (κ3) is 4.69. The van der Waals surface area contributed by atoms with Gasteiger partial charge in [-0.3, -0.25) is 0 Å². The Labute approximate surface area is 133 Å². The van der Waals surface area contributed by atoms with Gasteiger partial charge in [-0.05, 0) is 62.7 Å². The molecule has 0 saturated carbocycles. The Bertz CT molecular complexity index is 562. The molecule has 0 amide bonds. The van der Waals surface area contributed by atoms with Gasteiger partial charge in [0.1, 0.15) is 12.4 Å². The van der Waals surface area contributed by atoms with E-state index in [2.05, 4.69) is 67.4 Å². The van der Waals surface area contributed by atoms with Crippen LogP contribution < -0.4 is 15.0 Å². The van der Waals surface area contributed by atoms with Crippen LogP contribution in [0.4, 0.5) is 11.4 Å². The molecule has 0 aliphatic heterocycles. The number of benzene rings is 2. The lowest BCUT2D eigenvalue weighted by Gasteiger charge is -2.21. The molecule has 0 heterocycles. The molecule has 2 rings (SSSR count). The smallest absolute Gasteiger partial charge is 0.119 e. The van der Waals surface area contributed by atoms with Gasteiger partial charge in [-0.25, -0.2) is 0 Å². The Hall–Kier alpha value is -2.16. The molecule has 0 unspecified atom stereocenters. The molecule has 118 valence electrons. The van der Waals surface area contributed by atoms with E-state index in [1.807, 2.05) is 12.1 Å². The minimum atomic E-state index is 0.654. The third-order valence-electron chi connectivity index (χ3n) is 3.69. The molecule has 2 aromatic carbocycles. The molecule has 22 heavy (non-hydrogen) atoms. The molecule has 3 nitrogen and oxygen atoms in total. The summed E-state index contributed by atoms with van der Waals surface area (Å²) in [5, 5.41) is 3.39. The Kier molecular flexibility index (Phi) is 6.13. The molecule has 0 aliphatic rings. The minimum absolute atomic E-state index is 0.654. The zero-order valence-electron chi connectivity index (χ0n) is 13.8. The first-order chi connectivity index (χ1) is 10.7. The molecule has 0 aliphatic carbocycles. The van der Waals surface area contributed by atoms with Crippen LogP contribution in [0.15, 0.2) is 48.5 Å². The van der Waals surface area contributed by atoms with Crippen LogP contribution in [0, 0.1) is 6.92 Å².